The van der Waals surface area contributed by atoms with Gasteiger partial charge in [0.1, 0.15) is 5.82 Å². The van der Waals surface area contributed by atoms with Gasteiger partial charge < -0.3 is 4.90 Å². The van der Waals surface area contributed by atoms with E-state index in [1.807, 2.05) is 6.92 Å². The van der Waals surface area contributed by atoms with Crippen molar-refractivity contribution in [2.24, 2.45) is 0 Å². The van der Waals surface area contributed by atoms with E-state index in [1.165, 1.54) is 12.1 Å². The van der Waals surface area contributed by atoms with Crippen molar-refractivity contribution < 1.29 is 9.18 Å². The van der Waals surface area contributed by atoms with Crippen molar-refractivity contribution in [1.29, 1.82) is 0 Å². The van der Waals surface area contributed by atoms with Crippen LogP contribution in [0.15, 0.2) is 12.1 Å². The topological polar surface area (TPSA) is 32.3 Å². The van der Waals surface area contributed by atoms with Gasteiger partial charge in [-0.15, -0.1) is 0 Å². The predicted molar refractivity (Wildman–Crippen MR) is 80.7 cm³/mol. The highest BCUT2D eigenvalue weighted by atomic mass is 35.5. The van der Waals surface area contributed by atoms with Gasteiger partial charge in [0, 0.05) is 30.2 Å². The number of nitrogens with zero attached hydrogens (tertiary/aromatic N) is 1. The van der Waals surface area contributed by atoms with Gasteiger partial charge in [-0.1, -0.05) is 23.2 Å². The van der Waals surface area contributed by atoms with Crippen LogP contribution in [0.25, 0.3) is 0 Å². The van der Waals surface area contributed by atoms with Gasteiger partial charge in [-0.2, -0.15) is 0 Å². The second-order valence-corrected chi connectivity index (χ2v) is 5.50. The fraction of sp³-hybridized carbons (Fsp3) is 0.500. The molecule has 0 spiro atoms. The smallest absolute Gasteiger partial charge is 0.239 e. The van der Waals surface area contributed by atoms with Gasteiger partial charge in [-0.3, -0.25) is 10.1 Å². The quantitative estimate of drug-likeness (QED) is 0.840. The van der Waals surface area contributed by atoms with Gasteiger partial charge in [-0.25, -0.2) is 4.39 Å². The van der Waals surface area contributed by atoms with Crippen molar-refractivity contribution in [2.45, 2.75) is 32.9 Å². The first-order chi connectivity index (χ1) is 9.29. The van der Waals surface area contributed by atoms with Gasteiger partial charge in [0.05, 0.1) is 11.1 Å². The standard InChI is InChI=1S/C14H19Cl2FN2O/c1-5-19(4)14(20)9(3)18-8(2)12-10(15)6-7-11(17)13(12)16/h6-9,18H,5H2,1-4H3. The zero-order chi connectivity index (χ0) is 15.4. The van der Waals surface area contributed by atoms with Gasteiger partial charge in [0.2, 0.25) is 5.91 Å². The van der Waals surface area contributed by atoms with Crippen LogP contribution in [0.3, 0.4) is 0 Å². The fourth-order valence-corrected chi connectivity index (χ4v) is 2.65. The van der Waals surface area contributed by atoms with Crippen LogP contribution in [0, 0.1) is 5.82 Å². The van der Waals surface area contributed by atoms with Crippen LogP contribution in [0.2, 0.25) is 10.0 Å². The van der Waals surface area contributed by atoms with Crippen molar-refractivity contribution in [3.63, 3.8) is 0 Å². The first-order valence-electron chi connectivity index (χ1n) is 6.44. The van der Waals surface area contributed by atoms with Crippen LogP contribution in [0.1, 0.15) is 32.4 Å². The molecule has 2 atom stereocenters. The molecule has 2 unspecified atom stereocenters. The zero-order valence-corrected chi connectivity index (χ0v) is 13.5. The molecule has 20 heavy (non-hydrogen) atoms. The van der Waals surface area contributed by atoms with Crippen LogP contribution in [-0.2, 0) is 4.79 Å². The summed E-state index contributed by atoms with van der Waals surface area (Å²) in [7, 11) is 1.73. The van der Waals surface area contributed by atoms with E-state index in [4.69, 9.17) is 23.2 Å². The Morgan fingerprint density at radius 3 is 2.55 bits per heavy atom. The SMILES string of the molecule is CCN(C)C(=O)C(C)NC(C)c1c(Cl)ccc(F)c1Cl. The Morgan fingerprint density at radius 2 is 2.00 bits per heavy atom. The monoisotopic (exact) mass is 320 g/mol. The summed E-state index contributed by atoms with van der Waals surface area (Å²) in [5, 5.41) is 3.46. The van der Waals surface area contributed by atoms with E-state index in [-0.39, 0.29) is 17.0 Å². The number of rotatable bonds is 5. The third kappa shape index (κ3) is 3.84. The molecule has 0 fully saturated rings. The molecular formula is C14H19Cl2FN2O. The first-order valence-corrected chi connectivity index (χ1v) is 7.19. The Balaban J connectivity index is 2.89. The Morgan fingerprint density at radius 1 is 1.40 bits per heavy atom. The summed E-state index contributed by atoms with van der Waals surface area (Å²) in [5.74, 6) is -0.563. The van der Waals surface area contributed by atoms with Crippen LogP contribution < -0.4 is 5.32 Å². The van der Waals surface area contributed by atoms with Crippen LogP contribution in [0.5, 0.6) is 0 Å². The molecule has 1 amide bonds. The summed E-state index contributed by atoms with van der Waals surface area (Å²) in [4.78, 5) is 13.6. The molecule has 0 bridgehead atoms. The zero-order valence-electron chi connectivity index (χ0n) is 12.0. The van der Waals surface area contributed by atoms with Gasteiger partial charge in [-0.05, 0) is 32.9 Å². The molecule has 0 heterocycles. The molecule has 0 aliphatic rings. The van der Waals surface area contributed by atoms with Gasteiger partial charge in [0.25, 0.3) is 0 Å². The lowest BCUT2D eigenvalue weighted by Gasteiger charge is -2.25. The Bertz CT molecular complexity index is 496. The maximum absolute atomic E-state index is 13.5. The number of carbonyl (C=O) groups is 1. The third-order valence-corrected chi connectivity index (χ3v) is 3.95. The number of hydrogen-bond donors (Lipinski definition) is 1. The molecule has 0 aromatic heterocycles. The maximum atomic E-state index is 13.5. The molecule has 0 radical (unpaired) electrons. The Labute approximate surface area is 129 Å². The number of likely N-dealkylation sites (N-methyl/N-ethyl adjacent to an activating group) is 1. The lowest BCUT2D eigenvalue weighted by atomic mass is 10.1. The minimum absolute atomic E-state index is 0.0130. The summed E-state index contributed by atoms with van der Waals surface area (Å²) in [5.41, 5.74) is 0.465. The molecule has 0 saturated heterocycles. The number of nitrogens with one attached hydrogen (secondary N) is 1. The number of hydrogen-bond acceptors (Lipinski definition) is 2. The van der Waals surface area contributed by atoms with E-state index in [2.05, 4.69) is 5.32 Å². The first kappa shape index (κ1) is 17.2. The summed E-state index contributed by atoms with van der Waals surface area (Å²) >= 11 is 12.0. The minimum atomic E-state index is -0.524. The molecule has 0 aliphatic carbocycles. The van der Waals surface area contributed by atoms with E-state index >= 15 is 0 Å². The molecule has 6 heteroatoms. The predicted octanol–water partition coefficient (Wildman–Crippen LogP) is 3.65. The van der Waals surface area contributed by atoms with E-state index in [0.717, 1.165) is 0 Å². The molecule has 1 N–H and O–H groups in total. The molecule has 3 nitrogen and oxygen atoms in total. The highest BCUT2D eigenvalue weighted by Gasteiger charge is 2.22. The highest BCUT2D eigenvalue weighted by Crippen LogP contribution is 2.32. The number of amides is 1. The Hall–Kier alpha value is -0.840. The van der Waals surface area contributed by atoms with Crippen molar-refractivity contribution in [2.75, 3.05) is 13.6 Å². The summed E-state index contributed by atoms with van der Waals surface area (Å²) in [6.07, 6.45) is 0. The van der Waals surface area contributed by atoms with Crippen LogP contribution >= 0.6 is 23.2 Å². The van der Waals surface area contributed by atoms with E-state index in [1.54, 1.807) is 25.8 Å². The van der Waals surface area contributed by atoms with Crippen molar-refractivity contribution in [3.8, 4) is 0 Å². The summed E-state index contributed by atoms with van der Waals surface area (Å²) in [6.45, 7) is 6.07. The molecule has 0 aliphatic heterocycles. The largest absolute Gasteiger partial charge is 0.345 e. The van der Waals surface area contributed by atoms with Crippen LogP contribution in [-0.4, -0.2) is 30.4 Å². The van der Waals surface area contributed by atoms with Crippen molar-refractivity contribution in [1.82, 2.24) is 10.2 Å². The average Bonchev–Trinajstić information content (AvgIpc) is 2.41. The molecule has 1 aromatic carbocycles. The lowest BCUT2D eigenvalue weighted by Crippen LogP contribution is -2.44. The molecular weight excluding hydrogens is 302 g/mol. The van der Waals surface area contributed by atoms with Crippen molar-refractivity contribution >= 4 is 29.1 Å². The fourth-order valence-electron chi connectivity index (χ4n) is 1.96. The maximum Gasteiger partial charge on any atom is 0.239 e. The normalized spacial score (nSPS) is 13.9. The lowest BCUT2D eigenvalue weighted by molar-refractivity contribution is -0.131. The van der Waals surface area contributed by atoms with E-state index < -0.39 is 11.9 Å². The summed E-state index contributed by atoms with van der Waals surface area (Å²) < 4.78 is 13.5. The second-order valence-electron chi connectivity index (χ2n) is 4.72. The minimum Gasteiger partial charge on any atom is -0.345 e. The highest BCUT2D eigenvalue weighted by molar-refractivity contribution is 6.36. The van der Waals surface area contributed by atoms with Crippen molar-refractivity contribution in [3.05, 3.63) is 33.6 Å². The van der Waals surface area contributed by atoms with E-state index in [9.17, 15) is 9.18 Å². The van der Waals surface area contributed by atoms with Gasteiger partial charge in [0.15, 0.2) is 0 Å². The molecule has 1 rings (SSSR count). The third-order valence-electron chi connectivity index (χ3n) is 3.23. The molecule has 112 valence electrons. The molecule has 1 aromatic rings. The second kappa shape index (κ2) is 7.25. The van der Waals surface area contributed by atoms with Crippen LogP contribution in [0.4, 0.5) is 4.39 Å². The Kier molecular flexibility index (Phi) is 6.24. The van der Waals surface area contributed by atoms with E-state index in [0.29, 0.717) is 17.1 Å². The summed E-state index contributed by atoms with van der Waals surface area (Å²) in [6, 6.07) is 1.93. The van der Waals surface area contributed by atoms with Gasteiger partial charge >= 0.3 is 0 Å². The number of halogens is 3. The number of benzene rings is 1. The average molecular weight is 321 g/mol. The number of carbonyl (C=O) groups excluding carboxylic acids is 1. The molecule has 0 saturated carbocycles.